The average Bonchev–Trinajstić information content (AvgIpc) is 2.36. The standard InChI is InChI=1S/C12H16F3NO3.ClH/c1-18-7-3-4-8(10(5-7)19-2)9(17)6-11(16)12(13,14)15;/h3-5,9,11,17H,6,16H2,1-2H3;1H/t9-,11+;/m0./s1. The molecule has 0 saturated carbocycles. The fourth-order valence-corrected chi connectivity index (χ4v) is 1.59. The maximum atomic E-state index is 12.3. The van der Waals surface area contributed by atoms with Gasteiger partial charge in [0.25, 0.3) is 0 Å². The SMILES string of the molecule is COc1ccc([C@@H](O)C[C@@H](N)C(F)(F)F)c(OC)c1.Cl. The highest BCUT2D eigenvalue weighted by molar-refractivity contribution is 5.85. The van der Waals surface area contributed by atoms with Crippen LogP contribution in [0, 0.1) is 0 Å². The summed E-state index contributed by atoms with van der Waals surface area (Å²) in [6.07, 6.45) is -6.54. The Morgan fingerprint density at radius 3 is 2.30 bits per heavy atom. The number of ether oxygens (including phenoxy) is 2. The third-order valence-corrected chi connectivity index (χ3v) is 2.70. The number of hydrogen-bond donors (Lipinski definition) is 2. The first-order chi connectivity index (χ1) is 8.79. The summed E-state index contributed by atoms with van der Waals surface area (Å²) in [7, 11) is 2.80. The Morgan fingerprint density at radius 2 is 1.85 bits per heavy atom. The van der Waals surface area contributed by atoms with Crippen molar-refractivity contribution in [3.63, 3.8) is 0 Å². The molecular weight excluding hydrogens is 299 g/mol. The van der Waals surface area contributed by atoms with Crippen molar-refractivity contribution in [2.24, 2.45) is 5.73 Å². The molecule has 1 aromatic rings. The molecular formula is C12H17ClF3NO3. The summed E-state index contributed by atoms with van der Waals surface area (Å²) in [6.45, 7) is 0. The van der Waals surface area contributed by atoms with E-state index in [4.69, 9.17) is 15.2 Å². The van der Waals surface area contributed by atoms with E-state index in [9.17, 15) is 18.3 Å². The van der Waals surface area contributed by atoms with Crippen molar-refractivity contribution in [2.45, 2.75) is 24.7 Å². The Balaban J connectivity index is 0.00000361. The lowest BCUT2D eigenvalue weighted by Gasteiger charge is -2.21. The number of rotatable bonds is 5. The van der Waals surface area contributed by atoms with Crippen molar-refractivity contribution < 1.29 is 27.8 Å². The van der Waals surface area contributed by atoms with Crippen molar-refractivity contribution >= 4 is 12.4 Å². The average molecular weight is 316 g/mol. The summed E-state index contributed by atoms with van der Waals surface area (Å²) in [5, 5.41) is 9.83. The fourth-order valence-electron chi connectivity index (χ4n) is 1.59. The Morgan fingerprint density at radius 1 is 1.25 bits per heavy atom. The molecule has 0 aromatic heterocycles. The predicted octanol–water partition coefficient (Wildman–Crippen LogP) is 2.44. The van der Waals surface area contributed by atoms with Crippen LogP contribution in [-0.4, -0.2) is 31.5 Å². The molecule has 4 nitrogen and oxygen atoms in total. The minimum atomic E-state index is -4.54. The van der Waals surface area contributed by atoms with Gasteiger partial charge in [-0.25, -0.2) is 0 Å². The molecule has 0 spiro atoms. The second kappa shape index (κ2) is 7.56. The van der Waals surface area contributed by atoms with Gasteiger partial charge in [0.2, 0.25) is 0 Å². The van der Waals surface area contributed by atoms with Crippen molar-refractivity contribution in [1.29, 1.82) is 0 Å². The van der Waals surface area contributed by atoms with Gasteiger partial charge in [-0.2, -0.15) is 13.2 Å². The molecule has 0 heterocycles. The number of halogens is 4. The third-order valence-electron chi connectivity index (χ3n) is 2.70. The molecule has 0 fully saturated rings. The lowest BCUT2D eigenvalue weighted by molar-refractivity contribution is -0.153. The molecule has 0 aliphatic rings. The molecule has 1 aromatic carbocycles. The number of aliphatic hydroxyl groups is 1. The summed E-state index contributed by atoms with van der Waals surface area (Å²) in [4.78, 5) is 0. The van der Waals surface area contributed by atoms with E-state index in [2.05, 4.69) is 0 Å². The molecule has 3 N–H and O–H groups in total. The van der Waals surface area contributed by atoms with Gasteiger partial charge >= 0.3 is 6.18 Å². The fraction of sp³-hybridized carbons (Fsp3) is 0.500. The van der Waals surface area contributed by atoms with Gasteiger partial charge in [0.15, 0.2) is 0 Å². The quantitative estimate of drug-likeness (QED) is 0.876. The van der Waals surface area contributed by atoms with Crippen LogP contribution in [0.4, 0.5) is 13.2 Å². The van der Waals surface area contributed by atoms with E-state index in [0.717, 1.165) is 0 Å². The molecule has 0 amide bonds. The number of nitrogens with two attached hydrogens (primary N) is 1. The highest BCUT2D eigenvalue weighted by atomic mass is 35.5. The first-order valence-electron chi connectivity index (χ1n) is 5.52. The largest absolute Gasteiger partial charge is 0.497 e. The first-order valence-corrected chi connectivity index (χ1v) is 5.52. The first kappa shape index (κ1) is 18.8. The number of benzene rings is 1. The molecule has 0 unspecified atom stereocenters. The lowest BCUT2D eigenvalue weighted by atomic mass is 10.0. The van der Waals surface area contributed by atoms with Crippen LogP contribution in [0.5, 0.6) is 11.5 Å². The molecule has 0 aliphatic carbocycles. The van der Waals surface area contributed by atoms with Crippen LogP contribution in [0.1, 0.15) is 18.1 Å². The normalized spacial score (nSPS) is 14.2. The van der Waals surface area contributed by atoms with Gasteiger partial charge in [-0.3, -0.25) is 0 Å². The van der Waals surface area contributed by atoms with Crippen molar-refractivity contribution in [3.05, 3.63) is 23.8 Å². The van der Waals surface area contributed by atoms with Gasteiger partial charge in [0, 0.05) is 18.1 Å². The smallest absolute Gasteiger partial charge is 0.403 e. The number of methoxy groups -OCH3 is 2. The summed E-state index contributed by atoms with van der Waals surface area (Å²) < 4.78 is 47.0. The van der Waals surface area contributed by atoms with E-state index in [-0.39, 0.29) is 23.7 Å². The maximum Gasteiger partial charge on any atom is 0.403 e. The monoisotopic (exact) mass is 315 g/mol. The van der Waals surface area contributed by atoms with Crippen molar-refractivity contribution in [1.82, 2.24) is 0 Å². The highest BCUT2D eigenvalue weighted by Gasteiger charge is 2.38. The molecule has 0 bridgehead atoms. The van der Waals surface area contributed by atoms with Crippen LogP contribution < -0.4 is 15.2 Å². The minimum Gasteiger partial charge on any atom is -0.497 e. The zero-order valence-electron chi connectivity index (χ0n) is 11.0. The molecule has 0 radical (unpaired) electrons. The zero-order chi connectivity index (χ0) is 14.6. The topological polar surface area (TPSA) is 64.7 Å². The Kier molecular flexibility index (Phi) is 7.12. The Hall–Kier alpha value is -1.18. The van der Waals surface area contributed by atoms with E-state index >= 15 is 0 Å². The van der Waals surface area contributed by atoms with E-state index in [0.29, 0.717) is 5.75 Å². The Labute approximate surface area is 121 Å². The second-order valence-electron chi connectivity index (χ2n) is 4.01. The minimum absolute atomic E-state index is 0. The van der Waals surface area contributed by atoms with Gasteiger partial charge < -0.3 is 20.3 Å². The van der Waals surface area contributed by atoms with Gasteiger partial charge in [-0.05, 0) is 12.1 Å². The molecule has 2 atom stereocenters. The molecule has 0 aliphatic heterocycles. The van der Waals surface area contributed by atoms with Crippen LogP contribution in [0.3, 0.4) is 0 Å². The number of alkyl halides is 3. The van der Waals surface area contributed by atoms with Crippen molar-refractivity contribution in [3.8, 4) is 11.5 Å². The van der Waals surface area contributed by atoms with Crippen LogP contribution >= 0.6 is 12.4 Å². The third kappa shape index (κ3) is 4.73. The summed E-state index contributed by atoms with van der Waals surface area (Å²) in [5.74, 6) is 0.731. The summed E-state index contributed by atoms with van der Waals surface area (Å²) >= 11 is 0. The van der Waals surface area contributed by atoms with Gasteiger partial charge in [-0.15, -0.1) is 12.4 Å². The molecule has 116 valence electrons. The van der Waals surface area contributed by atoms with Crippen LogP contribution in [-0.2, 0) is 0 Å². The van der Waals surface area contributed by atoms with E-state index in [1.54, 1.807) is 0 Å². The van der Waals surface area contributed by atoms with E-state index in [1.807, 2.05) is 0 Å². The second-order valence-corrected chi connectivity index (χ2v) is 4.01. The predicted molar refractivity (Wildman–Crippen MR) is 70.4 cm³/mol. The summed E-state index contributed by atoms with van der Waals surface area (Å²) in [6, 6.07) is 2.37. The number of aliphatic hydroxyl groups excluding tert-OH is 1. The maximum absolute atomic E-state index is 12.3. The lowest BCUT2D eigenvalue weighted by Crippen LogP contribution is -2.38. The van der Waals surface area contributed by atoms with E-state index in [1.165, 1.54) is 32.4 Å². The molecule has 1 rings (SSSR count). The summed E-state index contributed by atoms with van der Waals surface area (Å²) in [5.41, 5.74) is 5.22. The van der Waals surface area contributed by atoms with Gasteiger partial charge in [0.05, 0.1) is 20.3 Å². The molecule has 8 heteroatoms. The van der Waals surface area contributed by atoms with Crippen LogP contribution in [0.2, 0.25) is 0 Å². The van der Waals surface area contributed by atoms with E-state index < -0.39 is 24.7 Å². The van der Waals surface area contributed by atoms with Crippen LogP contribution in [0.25, 0.3) is 0 Å². The van der Waals surface area contributed by atoms with Gasteiger partial charge in [-0.1, -0.05) is 0 Å². The van der Waals surface area contributed by atoms with Crippen LogP contribution in [0.15, 0.2) is 18.2 Å². The highest BCUT2D eigenvalue weighted by Crippen LogP contribution is 2.33. The Bertz CT molecular complexity index is 429. The molecule has 20 heavy (non-hydrogen) atoms. The number of hydrogen-bond acceptors (Lipinski definition) is 4. The van der Waals surface area contributed by atoms with Gasteiger partial charge in [0.1, 0.15) is 17.5 Å². The zero-order valence-corrected chi connectivity index (χ0v) is 11.8. The van der Waals surface area contributed by atoms with Crippen molar-refractivity contribution in [2.75, 3.05) is 14.2 Å². The molecule has 0 saturated heterocycles.